The van der Waals surface area contributed by atoms with Gasteiger partial charge in [0.1, 0.15) is 6.61 Å². The fourth-order valence-corrected chi connectivity index (χ4v) is 2.81. The predicted molar refractivity (Wildman–Crippen MR) is 89.8 cm³/mol. The Kier molecular flexibility index (Phi) is 4.12. The molecule has 0 fully saturated rings. The van der Waals surface area contributed by atoms with Crippen LogP contribution in [0.4, 0.5) is 5.69 Å². The number of carbonyl (C=O) groups excluding carboxylic acids is 1. The van der Waals surface area contributed by atoms with Crippen molar-refractivity contribution in [2.75, 3.05) is 11.9 Å². The summed E-state index contributed by atoms with van der Waals surface area (Å²) in [5.41, 5.74) is 3.12. The van der Waals surface area contributed by atoms with Crippen LogP contribution in [0.1, 0.15) is 5.56 Å². The summed E-state index contributed by atoms with van der Waals surface area (Å²) in [6.07, 6.45) is 0. The smallest absolute Gasteiger partial charge is 0.341 e. The minimum Gasteiger partial charge on any atom is -0.456 e. The maximum atomic E-state index is 12.0. The number of nitrogens with one attached hydrogen (secondary N) is 1. The summed E-state index contributed by atoms with van der Waals surface area (Å²) in [5, 5.41) is 3.26. The molecule has 1 aliphatic heterocycles. The van der Waals surface area contributed by atoms with E-state index in [-0.39, 0.29) is 12.6 Å². The van der Waals surface area contributed by atoms with Crippen molar-refractivity contribution in [3.8, 4) is 0 Å². The zero-order chi connectivity index (χ0) is 14.8. The monoisotopic (exact) mass is 407 g/mol. The molecular weight excluding hydrogens is 398 g/mol. The molecular formula is C16H11Br2NO2. The van der Waals surface area contributed by atoms with Crippen LogP contribution >= 0.6 is 31.9 Å². The van der Waals surface area contributed by atoms with Crippen molar-refractivity contribution in [1.82, 2.24) is 0 Å². The van der Waals surface area contributed by atoms with E-state index in [1.165, 1.54) is 0 Å². The Balaban J connectivity index is 1.97. The first kappa shape index (κ1) is 14.4. The van der Waals surface area contributed by atoms with Gasteiger partial charge in [-0.15, -0.1) is 0 Å². The molecule has 0 aromatic heterocycles. The van der Waals surface area contributed by atoms with Gasteiger partial charge in [0, 0.05) is 14.6 Å². The highest BCUT2D eigenvalue weighted by molar-refractivity contribution is 9.10. The molecule has 0 bridgehead atoms. The zero-order valence-corrected chi connectivity index (χ0v) is 14.1. The standard InChI is InChI=1S/C16H11Br2NO2/c17-11-4-6-13(7-5-11)19-14-9-21-16(20)15(14)10-2-1-3-12(18)8-10/h1-8,19H,9H2. The van der Waals surface area contributed by atoms with Gasteiger partial charge in [0.15, 0.2) is 0 Å². The summed E-state index contributed by atoms with van der Waals surface area (Å²) >= 11 is 6.82. The van der Waals surface area contributed by atoms with Gasteiger partial charge in [0.2, 0.25) is 0 Å². The summed E-state index contributed by atoms with van der Waals surface area (Å²) in [4.78, 5) is 12.0. The first-order valence-electron chi connectivity index (χ1n) is 6.32. The number of hydrogen-bond donors (Lipinski definition) is 1. The van der Waals surface area contributed by atoms with Crippen LogP contribution < -0.4 is 5.32 Å². The maximum Gasteiger partial charge on any atom is 0.341 e. The van der Waals surface area contributed by atoms with E-state index < -0.39 is 0 Å². The minimum absolute atomic E-state index is 0.261. The second-order valence-corrected chi connectivity index (χ2v) is 6.40. The minimum atomic E-state index is -0.298. The number of anilines is 1. The van der Waals surface area contributed by atoms with Crippen LogP contribution in [0.15, 0.2) is 63.2 Å². The molecule has 2 aromatic carbocycles. The van der Waals surface area contributed by atoms with E-state index in [0.29, 0.717) is 5.57 Å². The van der Waals surface area contributed by atoms with Crippen LogP contribution in [0, 0.1) is 0 Å². The van der Waals surface area contributed by atoms with Crippen molar-refractivity contribution in [3.05, 3.63) is 68.7 Å². The second-order valence-electron chi connectivity index (χ2n) is 4.57. The molecule has 0 spiro atoms. The van der Waals surface area contributed by atoms with Gasteiger partial charge in [-0.1, -0.05) is 44.0 Å². The van der Waals surface area contributed by atoms with Crippen molar-refractivity contribution in [2.24, 2.45) is 0 Å². The number of ether oxygens (including phenoxy) is 1. The Labute approximate surface area is 139 Å². The number of benzene rings is 2. The second kappa shape index (κ2) is 6.03. The van der Waals surface area contributed by atoms with E-state index in [1.54, 1.807) is 0 Å². The Morgan fingerprint density at radius 1 is 1.00 bits per heavy atom. The third kappa shape index (κ3) is 3.19. The lowest BCUT2D eigenvalue weighted by atomic mass is 10.1. The SMILES string of the molecule is O=C1OCC(Nc2ccc(Br)cc2)=C1c1cccc(Br)c1. The van der Waals surface area contributed by atoms with Crippen LogP contribution in [0.2, 0.25) is 0 Å². The van der Waals surface area contributed by atoms with Gasteiger partial charge in [0.05, 0.1) is 11.3 Å². The van der Waals surface area contributed by atoms with Gasteiger partial charge in [-0.25, -0.2) is 4.79 Å². The Bertz CT molecular complexity index is 723. The lowest BCUT2D eigenvalue weighted by Crippen LogP contribution is -2.03. The van der Waals surface area contributed by atoms with Crippen molar-refractivity contribution in [1.29, 1.82) is 0 Å². The summed E-state index contributed by atoms with van der Waals surface area (Å²) in [6.45, 7) is 0.261. The quantitative estimate of drug-likeness (QED) is 0.754. The molecule has 0 atom stereocenters. The lowest BCUT2D eigenvalue weighted by Gasteiger charge is -2.08. The first-order chi connectivity index (χ1) is 10.1. The number of rotatable bonds is 3. The largest absolute Gasteiger partial charge is 0.456 e. The van der Waals surface area contributed by atoms with E-state index in [4.69, 9.17) is 4.74 Å². The van der Waals surface area contributed by atoms with Crippen molar-refractivity contribution in [3.63, 3.8) is 0 Å². The fourth-order valence-electron chi connectivity index (χ4n) is 2.15. The lowest BCUT2D eigenvalue weighted by molar-refractivity contribution is -0.134. The topological polar surface area (TPSA) is 38.3 Å². The van der Waals surface area contributed by atoms with Gasteiger partial charge >= 0.3 is 5.97 Å². The highest BCUT2D eigenvalue weighted by Crippen LogP contribution is 2.29. The van der Waals surface area contributed by atoms with E-state index in [0.717, 1.165) is 25.9 Å². The van der Waals surface area contributed by atoms with Crippen molar-refractivity contribution in [2.45, 2.75) is 0 Å². The molecule has 0 saturated heterocycles. The summed E-state index contributed by atoms with van der Waals surface area (Å²) in [5.74, 6) is -0.298. The first-order valence-corrected chi connectivity index (χ1v) is 7.91. The molecule has 3 nitrogen and oxygen atoms in total. The maximum absolute atomic E-state index is 12.0. The Hall–Kier alpha value is -1.59. The van der Waals surface area contributed by atoms with Crippen molar-refractivity contribution >= 4 is 49.1 Å². The highest BCUT2D eigenvalue weighted by atomic mass is 79.9. The molecule has 1 heterocycles. The zero-order valence-electron chi connectivity index (χ0n) is 10.9. The Morgan fingerprint density at radius 3 is 2.48 bits per heavy atom. The van der Waals surface area contributed by atoms with Crippen LogP contribution in [0.5, 0.6) is 0 Å². The molecule has 5 heteroatoms. The van der Waals surface area contributed by atoms with E-state index >= 15 is 0 Å². The average molecular weight is 409 g/mol. The van der Waals surface area contributed by atoms with E-state index in [2.05, 4.69) is 37.2 Å². The molecule has 0 unspecified atom stereocenters. The van der Waals surface area contributed by atoms with Gasteiger partial charge < -0.3 is 10.1 Å². The van der Waals surface area contributed by atoms with Crippen molar-refractivity contribution < 1.29 is 9.53 Å². The predicted octanol–water partition coefficient (Wildman–Crippen LogP) is 4.59. The van der Waals surface area contributed by atoms with E-state index in [1.807, 2.05) is 48.5 Å². The molecule has 1 N–H and O–H groups in total. The van der Waals surface area contributed by atoms with Gasteiger partial charge in [-0.05, 0) is 42.0 Å². The third-order valence-corrected chi connectivity index (χ3v) is 4.13. The molecule has 21 heavy (non-hydrogen) atoms. The number of cyclic esters (lactones) is 1. The molecule has 0 saturated carbocycles. The molecule has 0 amide bonds. The molecule has 2 aromatic rings. The summed E-state index contributed by atoms with van der Waals surface area (Å²) in [6, 6.07) is 15.4. The summed E-state index contributed by atoms with van der Waals surface area (Å²) < 4.78 is 7.10. The molecule has 0 radical (unpaired) electrons. The molecule has 3 rings (SSSR count). The fraction of sp³-hybridized carbons (Fsp3) is 0.0625. The van der Waals surface area contributed by atoms with E-state index in [9.17, 15) is 4.79 Å². The van der Waals surface area contributed by atoms with Crippen LogP contribution in [0.25, 0.3) is 5.57 Å². The normalized spacial score (nSPS) is 14.3. The molecule has 0 aliphatic carbocycles. The van der Waals surface area contributed by atoms with Crippen LogP contribution in [-0.2, 0) is 9.53 Å². The third-order valence-electron chi connectivity index (χ3n) is 3.11. The summed E-state index contributed by atoms with van der Waals surface area (Å²) in [7, 11) is 0. The number of hydrogen-bond acceptors (Lipinski definition) is 3. The number of carbonyl (C=O) groups is 1. The Morgan fingerprint density at radius 2 is 1.76 bits per heavy atom. The van der Waals surface area contributed by atoms with Crippen LogP contribution in [-0.4, -0.2) is 12.6 Å². The number of halogens is 2. The van der Waals surface area contributed by atoms with Gasteiger partial charge in [0.25, 0.3) is 0 Å². The average Bonchev–Trinajstić information content (AvgIpc) is 2.82. The molecule has 1 aliphatic rings. The van der Waals surface area contributed by atoms with Crippen LogP contribution in [0.3, 0.4) is 0 Å². The highest BCUT2D eigenvalue weighted by Gasteiger charge is 2.26. The molecule has 106 valence electrons. The van der Waals surface area contributed by atoms with Gasteiger partial charge in [-0.3, -0.25) is 0 Å². The van der Waals surface area contributed by atoms with Gasteiger partial charge in [-0.2, -0.15) is 0 Å². The number of esters is 1.